The van der Waals surface area contributed by atoms with Gasteiger partial charge in [0.05, 0.1) is 6.04 Å². The minimum Gasteiger partial charge on any atom is -0.306 e. The number of nitrogens with one attached hydrogen (secondary N) is 1. The lowest BCUT2D eigenvalue weighted by atomic mass is 9.97. The minimum atomic E-state index is 0.285. The van der Waals surface area contributed by atoms with Gasteiger partial charge < -0.3 is 5.32 Å². The first-order chi connectivity index (χ1) is 10.2. The molecule has 0 aliphatic heterocycles. The molecule has 1 heterocycles. The highest BCUT2D eigenvalue weighted by Gasteiger charge is 2.17. The van der Waals surface area contributed by atoms with Crippen LogP contribution in [0.25, 0.3) is 10.1 Å². The molecule has 21 heavy (non-hydrogen) atoms. The summed E-state index contributed by atoms with van der Waals surface area (Å²) >= 11 is 1.89. The quantitative estimate of drug-likeness (QED) is 0.696. The Kier molecular flexibility index (Phi) is 4.09. The van der Waals surface area contributed by atoms with Gasteiger partial charge in [0.25, 0.3) is 0 Å². The van der Waals surface area contributed by atoms with E-state index in [1.165, 1.54) is 31.7 Å². The van der Waals surface area contributed by atoms with Gasteiger partial charge in [0.2, 0.25) is 0 Å². The molecule has 3 aromatic rings. The first kappa shape index (κ1) is 14.3. The summed E-state index contributed by atoms with van der Waals surface area (Å²) in [7, 11) is 0. The Labute approximate surface area is 130 Å². The Bertz CT molecular complexity index is 724. The molecular weight excluding hydrogens is 274 g/mol. The number of hydrogen-bond acceptors (Lipinski definition) is 2. The van der Waals surface area contributed by atoms with Gasteiger partial charge in [0.15, 0.2) is 0 Å². The third-order valence-electron chi connectivity index (χ3n) is 3.88. The second-order valence-corrected chi connectivity index (χ2v) is 6.65. The molecular formula is C19H21NS. The summed E-state index contributed by atoms with van der Waals surface area (Å²) in [4.78, 5) is 1.40. The van der Waals surface area contributed by atoms with E-state index in [2.05, 4.69) is 74.6 Å². The average molecular weight is 295 g/mol. The van der Waals surface area contributed by atoms with Crippen molar-refractivity contribution in [3.63, 3.8) is 0 Å². The van der Waals surface area contributed by atoms with Crippen LogP contribution in [0.5, 0.6) is 0 Å². The van der Waals surface area contributed by atoms with Gasteiger partial charge in [-0.3, -0.25) is 0 Å². The fourth-order valence-corrected chi connectivity index (χ4v) is 3.94. The van der Waals surface area contributed by atoms with Crippen molar-refractivity contribution in [3.8, 4) is 0 Å². The van der Waals surface area contributed by atoms with Crippen molar-refractivity contribution in [2.24, 2.45) is 0 Å². The molecule has 0 amide bonds. The van der Waals surface area contributed by atoms with E-state index in [9.17, 15) is 0 Å². The lowest BCUT2D eigenvalue weighted by molar-refractivity contribution is 0.636. The zero-order valence-electron chi connectivity index (χ0n) is 12.8. The Morgan fingerprint density at radius 2 is 1.86 bits per heavy atom. The maximum Gasteiger partial charge on any atom is 0.0674 e. The van der Waals surface area contributed by atoms with Gasteiger partial charge in [-0.25, -0.2) is 0 Å². The molecule has 1 unspecified atom stereocenters. The molecule has 2 heteroatoms. The van der Waals surface area contributed by atoms with Crippen molar-refractivity contribution < 1.29 is 0 Å². The maximum absolute atomic E-state index is 3.65. The van der Waals surface area contributed by atoms with Crippen LogP contribution in [-0.2, 0) is 0 Å². The molecule has 0 spiro atoms. The van der Waals surface area contributed by atoms with E-state index in [1.807, 2.05) is 11.3 Å². The van der Waals surface area contributed by atoms with Crippen LogP contribution < -0.4 is 5.32 Å². The van der Waals surface area contributed by atoms with E-state index >= 15 is 0 Å². The monoisotopic (exact) mass is 295 g/mol. The predicted molar refractivity (Wildman–Crippen MR) is 93.3 cm³/mol. The maximum atomic E-state index is 3.65. The molecule has 108 valence electrons. The smallest absolute Gasteiger partial charge is 0.0674 e. The van der Waals surface area contributed by atoms with E-state index in [1.54, 1.807) is 0 Å². The first-order valence-electron chi connectivity index (χ1n) is 7.48. The van der Waals surface area contributed by atoms with Gasteiger partial charge in [-0.05, 0) is 49.0 Å². The molecule has 1 aromatic heterocycles. The average Bonchev–Trinajstić information content (AvgIpc) is 2.91. The van der Waals surface area contributed by atoms with Crippen molar-refractivity contribution in [2.75, 3.05) is 6.54 Å². The highest BCUT2D eigenvalue weighted by Crippen LogP contribution is 2.34. The molecule has 0 saturated carbocycles. The SMILES string of the molecule is CCNC(c1cc2ccccc2s1)c1cc(C)ccc1C. The van der Waals surface area contributed by atoms with Crippen molar-refractivity contribution in [2.45, 2.75) is 26.8 Å². The zero-order valence-corrected chi connectivity index (χ0v) is 13.6. The van der Waals surface area contributed by atoms with Gasteiger partial charge in [-0.15, -0.1) is 11.3 Å². The van der Waals surface area contributed by atoms with Crippen molar-refractivity contribution >= 4 is 21.4 Å². The largest absolute Gasteiger partial charge is 0.306 e. The summed E-state index contributed by atoms with van der Waals surface area (Å²) in [6.45, 7) is 7.50. The molecule has 0 bridgehead atoms. The highest BCUT2D eigenvalue weighted by atomic mass is 32.1. The highest BCUT2D eigenvalue weighted by molar-refractivity contribution is 7.19. The molecule has 1 nitrogen and oxygen atoms in total. The summed E-state index contributed by atoms with van der Waals surface area (Å²) < 4.78 is 1.36. The number of hydrogen-bond donors (Lipinski definition) is 1. The van der Waals surface area contributed by atoms with Crippen LogP contribution in [0.3, 0.4) is 0 Å². The van der Waals surface area contributed by atoms with Crippen LogP contribution in [0.4, 0.5) is 0 Å². The second-order valence-electron chi connectivity index (χ2n) is 5.54. The van der Waals surface area contributed by atoms with Crippen molar-refractivity contribution in [1.82, 2.24) is 5.32 Å². The third-order valence-corrected chi connectivity index (χ3v) is 5.06. The standard InChI is InChI=1S/C19H21NS/c1-4-20-19(16-11-13(2)9-10-14(16)3)18-12-15-7-5-6-8-17(15)21-18/h5-12,19-20H,4H2,1-3H3. The van der Waals surface area contributed by atoms with Gasteiger partial charge in [0.1, 0.15) is 0 Å². The van der Waals surface area contributed by atoms with Crippen LogP contribution in [0.2, 0.25) is 0 Å². The molecule has 0 saturated heterocycles. The molecule has 2 aromatic carbocycles. The fraction of sp³-hybridized carbons (Fsp3) is 0.263. The zero-order chi connectivity index (χ0) is 14.8. The van der Waals surface area contributed by atoms with E-state index in [-0.39, 0.29) is 6.04 Å². The van der Waals surface area contributed by atoms with Gasteiger partial charge in [0, 0.05) is 9.58 Å². The predicted octanol–water partition coefficient (Wildman–Crippen LogP) is 5.22. The molecule has 0 radical (unpaired) electrons. The Morgan fingerprint density at radius 1 is 1.05 bits per heavy atom. The number of aryl methyl sites for hydroxylation is 2. The van der Waals surface area contributed by atoms with E-state index < -0.39 is 0 Å². The molecule has 3 rings (SSSR count). The molecule has 0 fully saturated rings. The number of rotatable bonds is 4. The number of fused-ring (bicyclic) bond motifs is 1. The summed E-state index contributed by atoms with van der Waals surface area (Å²) in [5.41, 5.74) is 4.06. The van der Waals surface area contributed by atoms with Crippen LogP contribution in [0, 0.1) is 13.8 Å². The van der Waals surface area contributed by atoms with E-state index in [4.69, 9.17) is 0 Å². The van der Waals surface area contributed by atoms with E-state index in [0.717, 1.165) is 6.54 Å². The van der Waals surface area contributed by atoms with Crippen LogP contribution in [-0.4, -0.2) is 6.54 Å². The Hall–Kier alpha value is -1.64. The molecule has 1 N–H and O–H groups in total. The minimum absolute atomic E-state index is 0.285. The summed E-state index contributed by atoms with van der Waals surface area (Å²) in [5.74, 6) is 0. The summed E-state index contributed by atoms with van der Waals surface area (Å²) in [5, 5.41) is 4.99. The van der Waals surface area contributed by atoms with Gasteiger partial charge in [-0.1, -0.05) is 48.9 Å². The molecule has 0 aliphatic carbocycles. The van der Waals surface area contributed by atoms with E-state index in [0.29, 0.717) is 0 Å². The van der Waals surface area contributed by atoms with Crippen LogP contribution >= 0.6 is 11.3 Å². The lowest BCUT2D eigenvalue weighted by Gasteiger charge is -2.19. The topological polar surface area (TPSA) is 12.0 Å². The van der Waals surface area contributed by atoms with Crippen molar-refractivity contribution in [3.05, 3.63) is 70.1 Å². The normalized spacial score (nSPS) is 12.7. The Balaban J connectivity index is 2.10. The van der Waals surface area contributed by atoms with Gasteiger partial charge >= 0.3 is 0 Å². The first-order valence-corrected chi connectivity index (χ1v) is 8.29. The summed E-state index contributed by atoms with van der Waals surface area (Å²) in [6.07, 6.45) is 0. The van der Waals surface area contributed by atoms with Crippen LogP contribution in [0.15, 0.2) is 48.5 Å². The van der Waals surface area contributed by atoms with Gasteiger partial charge in [-0.2, -0.15) is 0 Å². The fourth-order valence-electron chi connectivity index (χ4n) is 2.78. The van der Waals surface area contributed by atoms with Crippen LogP contribution in [0.1, 0.15) is 34.5 Å². The number of benzene rings is 2. The summed E-state index contributed by atoms with van der Waals surface area (Å²) in [6, 6.07) is 18.0. The second kappa shape index (κ2) is 6.00. The molecule has 1 atom stereocenters. The molecule has 0 aliphatic rings. The van der Waals surface area contributed by atoms with Crippen molar-refractivity contribution in [1.29, 1.82) is 0 Å². The number of thiophene rings is 1. The Morgan fingerprint density at radius 3 is 2.62 bits per heavy atom. The third kappa shape index (κ3) is 2.87. The lowest BCUT2D eigenvalue weighted by Crippen LogP contribution is -2.22.